The lowest BCUT2D eigenvalue weighted by molar-refractivity contribution is -0.149. The van der Waals surface area contributed by atoms with E-state index >= 15 is 0 Å². The first kappa shape index (κ1) is 29.7. The van der Waals surface area contributed by atoms with Crippen molar-refractivity contribution in [2.75, 3.05) is 6.61 Å². The van der Waals surface area contributed by atoms with E-state index in [2.05, 4.69) is 10.1 Å². The van der Waals surface area contributed by atoms with Crippen molar-refractivity contribution in [3.63, 3.8) is 0 Å². The number of hydrogen-bond donors (Lipinski definition) is 3. The summed E-state index contributed by atoms with van der Waals surface area (Å²) in [6, 6.07) is 9.78. The molecule has 1 saturated heterocycles. The van der Waals surface area contributed by atoms with Gasteiger partial charge in [0.2, 0.25) is 0 Å². The number of aliphatic hydroxyl groups is 1. The Labute approximate surface area is 211 Å². The summed E-state index contributed by atoms with van der Waals surface area (Å²) in [5, 5.41) is 11.1. The fraction of sp³-hybridized carbons (Fsp3) is 0.542. The molecule has 4 atom stereocenters. The molecule has 2 aromatic rings. The highest BCUT2D eigenvalue weighted by Crippen LogP contribution is 2.38. The van der Waals surface area contributed by atoms with E-state index in [1.807, 2.05) is 18.2 Å². The molecule has 3 rings (SSSR count). The second-order valence-electron chi connectivity index (χ2n) is 8.69. The lowest BCUT2D eigenvalue weighted by atomic mass is 10.2. The number of carbonyl (C=O) groups is 1. The van der Waals surface area contributed by atoms with E-state index in [0.29, 0.717) is 18.6 Å². The molecule has 1 fully saturated rings. The van der Waals surface area contributed by atoms with Crippen molar-refractivity contribution in [1.82, 2.24) is 14.6 Å². The Morgan fingerprint density at radius 2 is 1.83 bits per heavy atom. The molecule has 1 aromatic heterocycles. The number of aromatic nitrogens is 2. The van der Waals surface area contributed by atoms with Gasteiger partial charge in [-0.3, -0.25) is 19.1 Å². The number of para-hydroxylation sites is 1. The number of nitrogens with one attached hydrogen (secondary N) is 2. The maximum Gasteiger partial charge on any atom is 0.330 e. The fourth-order valence-electron chi connectivity index (χ4n) is 3.03. The fourth-order valence-corrected chi connectivity index (χ4v) is 4.25. The maximum atomic E-state index is 12.2. The van der Waals surface area contributed by atoms with Gasteiger partial charge in [-0.1, -0.05) is 18.2 Å². The van der Waals surface area contributed by atoms with Crippen LogP contribution in [0.5, 0.6) is 5.75 Å². The SMILES string of the molecule is CC(C)O.CC(C)OC(=O)C(C)NP(OCC1CCC(n2ccc(=O)[nH]c2=O)O1)Oc1ccccc1. The summed E-state index contributed by atoms with van der Waals surface area (Å²) in [6.07, 6.45) is 1.53. The number of benzene rings is 1. The zero-order valence-corrected chi connectivity index (χ0v) is 22.1. The van der Waals surface area contributed by atoms with Gasteiger partial charge in [0.05, 0.1) is 18.8 Å². The van der Waals surface area contributed by atoms with Crippen LogP contribution in [0.15, 0.2) is 52.2 Å². The third-order valence-electron chi connectivity index (χ3n) is 4.56. The number of aliphatic hydroxyl groups excluding tert-OH is 1. The molecular weight excluding hydrogens is 489 g/mol. The van der Waals surface area contributed by atoms with Gasteiger partial charge in [-0.2, -0.15) is 0 Å². The molecule has 2 heterocycles. The Balaban J connectivity index is 0.00000106. The molecule has 36 heavy (non-hydrogen) atoms. The van der Waals surface area contributed by atoms with Crippen LogP contribution in [-0.2, 0) is 18.8 Å². The van der Waals surface area contributed by atoms with E-state index in [4.69, 9.17) is 23.6 Å². The van der Waals surface area contributed by atoms with Gasteiger partial charge in [-0.15, -0.1) is 0 Å². The van der Waals surface area contributed by atoms with E-state index in [1.165, 1.54) is 16.8 Å². The highest BCUT2D eigenvalue weighted by molar-refractivity contribution is 7.45. The number of ether oxygens (including phenoxy) is 2. The van der Waals surface area contributed by atoms with Crippen LogP contribution in [0.3, 0.4) is 0 Å². The van der Waals surface area contributed by atoms with Crippen molar-refractivity contribution in [2.24, 2.45) is 0 Å². The van der Waals surface area contributed by atoms with E-state index in [-0.39, 0.29) is 24.9 Å². The molecular formula is C24H36N3O8P. The first-order chi connectivity index (χ1) is 17.0. The Bertz CT molecular complexity index is 1040. The van der Waals surface area contributed by atoms with Gasteiger partial charge < -0.3 is 23.6 Å². The van der Waals surface area contributed by atoms with Gasteiger partial charge in [0.1, 0.15) is 18.0 Å². The Morgan fingerprint density at radius 3 is 2.44 bits per heavy atom. The van der Waals surface area contributed by atoms with Crippen molar-refractivity contribution in [1.29, 1.82) is 0 Å². The van der Waals surface area contributed by atoms with Gasteiger partial charge in [0, 0.05) is 18.4 Å². The van der Waals surface area contributed by atoms with E-state index < -0.39 is 38.0 Å². The number of carbonyl (C=O) groups excluding carboxylic acids is 1. The van der Waals surface area contributed by atoms with Gasteiger partial charge in [-0.25, -0.2) is 9.88 Å². The molecule has 0 radical (unpaired) electrons. The minimum absolute atomic E-state index is 0.167. The molecule has 0 spiro atoms. The average molecular weight is 526 g/mol. The molecule has 1 aromatic carbocycles. The highest BCUT2D eigenvalue weighted by atomic mass is 31.2. The summed E-state index contributed by atoms with van der Waals surface area (Å²) < 4.78 is 24.4. The third kappa shape index (κ3) is 10.6. The number of H-pyrrole nitrogens is 1. The van der Waals surface area contributed by atoms with Crippen LogP contribution >= 0.6 is 8.53 Å². The molecule has 0 saturated carbocycles. The van der Waals surface area contributed by atoms with Gasteiger partial charge in [0.25, 0.3) is 5.56 Å². The average Bonchev–Trinajstić information content (AvgIpc) is 3.26. The first-order valence-electron chi connectivity index (χ1n) is 11.8. The van der Waals surface area contributed by atoms with Crippen LogP contribution in [0.1, 0.15) is 53.7 Å². The summed E-state index contributed by atoms with van der Waals surface area (Å²) in [7, 11) is -1.68. The van der Waals surface area contributed by atoms with Crippen LogP contribution < -0.4 is 20.9 Å². The topological polar surface area (TPSA) is 141 Å². The summed E-state index contributed by atoms with van der Waals surface area (Å²) in [6.45, 7) is 8.90. The number of aromatic amines is 1. The Morgan fingerprint density at radius 1 is 1.17 bits per heavy atom. The lowest BCUT2D eigenvalue weighted by Crippen LogP contribution is -2.35. The van der Waals surface area contributed by atoms with Crippen molar-refractivity contribution < 1.29 is 28.4 Å². The monoisotopic (exact) mass is 525 g/mol. The van der Waals surface area contributed by atoms with Crippen LogP contribution in [-0.4, -0.2) is 51.6 Å². The molecule has 1 aliphatic heterocycles. The van der Waals surface area contributed by atoms with Crippen LogP contribution in [0.2, 0.25) is 0 Å². The summed E-state index contributed by atoms with van der Waals surface area (Å²) >= 11 is 0. The van der Waals surface area contributed by atoms with Crippen molar-refractivity contribution >= 4 is 14.5 Å². The van der Waals surface area contributed by atoms with Gasteiger partial charge >= 0.3 is 20.2 Å². The van der Waals surface area contributed by atoms with Crippen molar-refractivity contribution in [2.45, 2.75) is 78.0 Å². The Hall–Kier alpha value is -2.56. The zero-order valence-electron chi connectivity index (χ0n) is 21.2. The highest BCUT2D eigenvalue weighted by Gasteiger charge is 2.30. The predicted octanol–water partition coefficient (Wildman–Crippen LogP) is 2.85. The largest absolute Gasteiger partial charge is 0.462 e. The number of esters is 1. The minimum Gasteiger partial charge on any atom is -0.462 e. The Kier molecular flexibility index (Phi) is 12.3. The summed E-state index contributed by atoms with van der Waals surface area (Å²) in [4.78, 5) is 37.7. The minimum atomic E-state index is -1.68. The van der Waals surface area contributed by atoms with Crippen molar-refractivity contribution in [3.8, 4) is 5.75 Å². The van der Waals surface area contributed by atoms with Crippen LogP contribution in [0, 0.1) is 0 Å². The third-order valence-corrected chi connectivity index (χ3v) is 5.92. The molecule has 0 amide bonds. The number of nitrogens with zero attached hydrogens (tertiary/aromatic N) is 1. The van der Waals surface area contributed by atoms with E-state index in [0.717, 1.165) is 0 Å². The first-order valence-corrected chi connectivity index (χ1v) is 13.0. The van der Waals surface area contributed by atoms with Crippen molar-refractivity contribution in [3.05, 3.63) is 63.4 Å². The second-order valence-corrected chi connectivity index (χ2v) is 9.91. The lowest BCUT2D eigenvalue weighted by Gasteiger charge is -2.23. The normalized spacial score (nSPS) is 18.9. The second kappa shape index (κ2) is 14.9. The quantitative estimate of drug-likeness (QED) is 0.315. The standard InChI is InChI=1S/C21H28N3O7P.C3H8O/c1-14(2)29-20(26)15(3)23-32(31-16-7-5-4-6-8-16)28-13-17-9-10-19(30-17)24-12-11-18(25)22-21(24)27;1-3(2)4/h4-8,11-12,14-15,17,19,23H,9-10,13H2,1-3H3,(H,22,25,27);3-4H,1-2H3. The zero-order chi connectivity index (χ0) is 26.7. The number of hydrogen-bond acceptors (Lipinski definition) is 9. The molecule has 200 valence electrons. The van der Waals surface area contributed by atoms with Gasteiger partial charge in [0.15, 0.2) is 0 Å². The van der Waals surface area contributed by atoms with E-state index in [1.54, 1.807) is 46.8 Å². The smallest absolute Gasteiger partial charge is 0.330 e. The number of rotatable bonds is 10. The van der Waals surface area contributed by atoms with Crippen LogP contribution in [0.4, 0.5) is 0 Å². The summed E-state index contributed by atoms with van der Waals surface area (Å²) in [5.74, 6) is 0.197. The molecule has 1 aliphatic rings. The van der Waals surface area contributed by atoms with E-state index in [9.17, 15) is 14.4 Å². The summed E-state index contributed by atoms with van der Waals surface area (Å²) in [5.41, 5.74) is -0.970. The molecule has 12 heteroatoms. The van der Waals surface area contributed by atoms with Gasteiger partial charge in [-0.05, 0) is 59.6 Å². The predicted molar refractivity (Wildman–Crippen MR) is 136 cm³/mol. The molecule has 11 nitrogen and oxygen atoms in total. The van der Waals surface area contributed by atoms with Crippen LogP contribution in [0.25, 0.3) is 0 Å². The molecule has 0 bridgehead atoms. The maximum absolute atomic E-state index is 12.2. The molecule has 4 unspecified atom stereocenters. The molecule has 3 N–H and O–H groups in total. The molecule has 0 aliphatic carbocycles.